The third kappa shape index (κ3) is 2.41. The Bertz CT molecular complexity index is 155. The summed E-state index contributed by atoms with van der Waals surface area (Å²) in [6.45, 7) is 8.72. The Labute approximate surface area is 85.3 Å². The van der Waals surface area contributed by atoms with E-state index in [9.17, 15) is 5.11 Å². The van der Waals surface area contributed by atoms with Crippen LogP contribution in [0.1, 0.15) is 40.5 Å². The molecule has 0 amide bonds. The molecule has 0 spiro atoms. The average molecular weight is 203 g/mol. The van der Waals surface area contributed by atoms with Crippen LogP contribution >= 0.6 is 0 Å². The second-order valence-electron chi connectivity index (χ2n) is 4.90. The fourth-order valence-corrected chi connectivity index (χ4v) is 5.13. The minimum atomic E-state index is -0.131. The van der Waals surface area contributed by atoms with E-state index in [4.69, 9.17) is 0 Å². The van der Waals surface area contributed by atoms with E-state index in [0.29, 0.717) is 16.8 Å². The molecule has 1 aliphatic rings. The topological polar surface area (TPSA) is 20.2 Å². The van der Waals surface area contributed by atoms with Gasteiger partial charge in [0.05, 0.1) is 0 Å². The first-order chi connectivity index (χ1) is 5.96. The summed E-state index contributed by atoms with van der Waals surface area (Å²) in [7, 11) is 0.462. The smallest absolute Gasteiger partial charge is 0.148 e. The van der Waals surface area contributed by atoms with Gasteiger partial charge in [-0.15, -0.1) is 0 Å². The number of hydrogen-bond acceptors (Lipinski definition) is 1. The predicted octanol–water partition coefficient (Wildman–Crippen LogP) is 2.19. The van der Waals surface area contributed by atoms with Crippen molar-refractivity contribution in [1.82, 2.24) is 0 Å². The lowest BCUT2D eigenvalue weighted by molar-refractivity contribution is 0.0944. The normalized spacial score (nSPS) is 22.6. The summed E-state index contributed by atoms with van der Waals surface area (Å²) in [4.78, 5) is 0. The Hall–Kier alpha value is 0.310. The number of aliphatic hydroxyl groups is 1. The van der Waals surface area contributed by atoms with E-state index in [2.05, 4.69) is 27.7 Å². The van der Waals surface area contributed by atoms with E-state index in [1.807, 2.05) is 0 Å². The molecule has 1 nitrogen and oxygen atoms in total. The maximum Gasteiger partial charge on any atom is 0.148 e. The van der Waals surface area contributed by atoms with E-state index < -0.39 is 0 Å². The zero-order valence-electron chi connectivity index (χ0n) is 9.34. The van der Waals surface area contributed by atoms with Crippen LogP contribution in [-0.4, -0.2) is 27.5 Å². The van der Waals surface area contributed by atoms with E-state index in [0.717, 1.165) is 0 Å². The first-order valence-corrected chi connectivity index (χ1v) is 6.88. The van der Waals surface area contributed by atoms with Crippen LogP contribution in [0.3, 0.4) is 0 Å². The van der Waals surface area contributed by atoms with Gasteiger partial charge in [0.25, 0.3) is 0 Å². The SMILES string of the molecule is CC(C)C(O)C(C)(C)[S+]1CCCC1. The molecule has 1 atom stereocenters. The van der Waals surface area contributed by atoms with Crippen molar-refractivity contribution in [3.8, 4) is 0 Å². The van der Waals surface area contributed by atoms with Gasteiger partial charge in [0.15, 0.2) is 0 Å². The van der Waals surface area contributed by atoms with Crippen molar-refractivity contribution in [2.45, 2.75) is 51.4 Å². The largest absolute Gasteiger partial charge is 0.387 e. The van der Waals surface area contributed by atoms with Crippen LogP contribution in [0.2, 0.25) is 0 Å². The second-order valence-corrected chi connectivity index (χ2v) is 7.75. The zero-order chi connectivity index (χ0) is 10.1. The summed E-state index contributed by atoms with van der Waals surface area (Å²) in [5, 5.41) is 10.1. The molecule has 0 aromatic heterocycles. The molecule has 0 saturated carbocycles. The Morgan fingerprint density at radius 2 is 1.62 bits per heavy atom. The maximum atomic E-state index is 10.1. The highest BCUT2D eigenvalue weighted by atomic mass is 32.2. The van der Waals surface area contributed by atoms with Gasteiger partial charge in [0.1, 0.15) is 22.4 Å². The summed E-state index contributed by atoms with van der Waals surface area (Å²) in [5.74, 6) is 3.08. The van der Waals surface area contributed by atoms with Crippen molar-refractivity contribution >= 4 is 10.9 Å². The highest BCUT2D eigenvalue weighted by molar-refractivity contribution is 7.98. The maximum absolute atomic E-state index is 10.1. The number of rotatable bonds is 3. The lowest BCUT2D eigenvalue weighted by Crippen LogP contribution is -2.47. The van der Waals surface area contributed by atoms with Gasteiger partial charge in [-0.3, -0.25) is 0 Å². The van der Waals surface area contributed by atoms with Gasteiger partial charge in [0.2, 0.25) is 0 Å². The third-order valence-corrected chi connectivity index (χ3v) is 6.41. The molecule has 13 heavy (non-hydrogen) atoms. The highest BCUT2D eigenvalue weighted by Gasteiger charge is 2.47. The summed E-state index contributed by atoms with van der Waals surface area (Å²) in [5.41, 5.74) is 0. The number of aliphatic hydroxyl groups excluding tert-OH is 1. The average Bonchev–Trinajstić information content (AvgIpc) is 2.54. The van der Waals surface area contributed by atoms with Crippen molar-refractivity contribution in [3.63, 3.8) is 0 Å². The van der Waals surface area contributed by atoms with Gasteiger partial charge in [-0.25, -0.2) is 0 Å². The van der Waals surface area contributed by atoms with Gasteiger partial charge < -0.3 is 5.11 Å². The van der Waals surface area contributed by atoms with E-state index in [1.165, 1.54) is 24.3 Å². The van der Waals surface area contributed by atoms with Crippen molar-refractivity contribution in [1.29, 1.82) is 0 Å². The molecule has 1 rings (SSSR count). The van der Waals surface area contributed by atoms with Crippen LogP contribution in [0.15, 0.2) is 0 Å². The fraction of sp³-hybridized carbons (Fsp3) is 1.00. The molecule has 1 unspecified atom stereocenters. The minimum absolute atomic E-state index is 0.131. The van der Waals surface area contributed by atoms with Crippen molar-refractivity contribution in [2.24, 2.45) is 5.92 Å². The van der Waals surface area contributed by atoms with E-state index in [1.54, 1.807) is 0 Å². The van der Waals surface area contributed by atoms with Gasteiger partial charge >= 0.3 is 0 Å². The standard InChI is InChI=1S/C11H23OS/c1-9(2)10(12)11(3,4)13-7-5-6-8-13/h9-10,12H,5-8H2,1-4H3/q+1. The molecule has 0 radical (unpaired) electrons. The molecular weight excluding hydrogens is 180 g/mol. The van der Waals surface area contributed by atoms with Crippen LogP contribution in [0.5, 0.6) is 0 Å². The third-order valence-electron chi connectivity index (χ3n) is 3.12. The summed E-state index contributed by atoms with van der Waals surface area (Å²) < 4.78 is 0.144. The summed E-state index contributed by atoms with van der Waals surface area (Å²) >= 11 is 0. The van der Waals surface area contributed by atoms with Crippen LogP contribution < -0.4 is 0 Å². The first kappa shape index (κ1) is 11.4. The zero-order valence-corrected chi connectivity index (χ0v) is 10.2. The fourth-order valence-electron chi connectivity index (χ4n) is 2.15. The van der Waals surface area contributed by atoms with Crippen molar-refractivity contribution in [2.75, 3.05) is 11.5 Å². The molecule has 1 aliphatic heterocycles. The van der Waals surface area contributed by atoms with Crippen LogP contribution in [-0.2, 0) is 10.9 Å². The molecule has 78 valence electrons. The van der Waals surface area contributed by atoms with Crippen molar-refractivity contribution in [3.05, 3.63) is 0 Å². The summed E-state index contributed by atoms with van der Waals surface area (Å²) in [6, 6.07) is 0. The Morgan fingerprint density at radius 3 is 2.00 bits per heavy atom. The monoisotopic (exact) mass is 203 g/mol. The Balaban J connectivity index is 2.62. The molecule has 1 heterocycles. The van der Waals surface area contributed by atoms with E-state index in [-0.39, 0.29) is 10.9 Å². The van der Waals surface area contributed by atoms with E-state index >= 15 is 0 Å². The Kier molecular flexibility index (Phi) is 3.70. The highest BCUT2D eigenvalue weighted by Crippen LogP contribution is 2.32. The molecule has 0 aliphatic carbocycles. The molecule has 0 bridgehead atoms. The molecule has 1 saturated heterocycles. The molecule has 1 fully saturated rings. The molecule has 0 aromatic rings. The molecule has 2 heteroatoms. The van der Waals surface area contributed by atoms with Crippen molar-refractivity contribution < 1.29 is 5.11 Å². The molecule has 1 N–H and O–H groups in total. The van der Waals surface area contributed by atoms with Crippen LogP contribution in [0, 0.1) is 5.92 Å². The van der Waals surface area contributed by atoms with Crippen LogP contribution in [0.25, 0.3) is 0 Å². The number of hydrogen-bond donors (Lipinski definition) is 1. The van der Waals surface area contributed by atoms with Crippen LogP contribution in [0.4, 0.5) is 0 Å². The predicted molar refractivity (Wildman–Crippen MR) is 61.3 cm³/mol. The summed E-state index contributed by atoms with van der Waals surface area (Å²) in [6.07, 6.45) is 2.61. The first-order valence-electron chi connectivity index (χ1n) is 5.32. The lowest BCUT2D eigenvalue weighted by Gasteiger charge is -2.31. The molecule has 0 aromatic carbocycles. The Morgan fingerprint density at radius 1 is 1.15 bits per heavy atom. The lowest BCUT2D eigenvalue weighted by atomic mass is 9.96. The van der Waals surface area contributed by atoms with Gasteiger partial charge in [-0.05, 0) is 43.5 Å². The van der Waals surface area contributed by atoms with Gasteiger partial charge in [-0.2, -0.15) is 0 Å². The minimum Gasteiger partial charge on any atom is -0.387 e. The molecular formula is C11H23OS+. The van der Waals surface area contributed by atoms with Gasteiger partial charge in [-0.1, -0.05) is 13.8 Å². The van der Waals surface area contributed by atoms with Gasteiger partial charge in [0, 0.05) is 0 Å². The quantitative estimate of drug-likeness (QED) is 0.697. The second kappa shape index (κ2) is 4.22.